The van der Waals surface area contributed by atoms with Crippen LogP contribution in [-0.4, -0.2) is 15.0 Å². The van der Waals surface area contributed by atoms with Crippen LogP contribution in [0.3, 0.4) is 0 Å². The highest BCUT2D eigenvalue weighted by molar-refractivity contribution is 5.86. The van der Waals surface area contributed by atoms with Crippen LogP contribution in [0.5, 0.6) is 0 Å². The first-order valence-corrected chi connectivity index (χ1v) is 8.05. The molecule has 0 N–H and O–H groups in total. The van der Waals surface area contributed by atoms with E-state index in [-0.39, 0.29) is 0 Å². The number of benzene rings is 3. The molecule has 118 valence electrons. The Labute approximate surface area is 143 Å². The van der Waals surface area contributed by atoms with E-state index in [9.17, 15) is 0 Å². The molecule has 25 heavy (non-hydrogen) atoms. The number of hydrogen-bond donors (Lipinski definition) is 0. The van der Waals surface area contributed by atoms with Gasteiger partial charge in [-0.3, -0.25) is 0 Å². The molecule has 0 unspecified atom stereocenters. The summed E-state index contributed by atoms with van der Waals surface area (Å²) in [6, 6.07) is 24.0. The van der Waals surface area contributed by atoms with Crippen molar-refractivity contribution >= 4 is 21.9 Å². The largest absolute Gasteiger partial charge is 0.435 e. The third-order valence-electron chi connectivity index (χ3n) is 4.18. The molecular formula is C21H13N3O. The van der Waals surface area contributed by atoms with Crippen LogP contribution in [-0.2, 0) is 0 Å². The first kappa shape index (κ1) is 13.9. The minimum Gasteiger partial charge on any atom is -0.435 e. The standard InChI is InChI=1S/C21H13N3O/c1-2-6-15-13-16(10-9-14(15)5-1)20-22-12-11-18(23-20)21-24-17-7-3-4-8-19(17)25-21/h1-13H. The SMILES string of the molecule is c1ccc2cc(-c3nccc(-c4nc5ccccc5o4)n3)ccc2c1. The topological polar surface area (TPSA) is 51.8 Å². The third kappa shape index (κ3) is 2.44. The van der Waals surface area contributed by atoms with Crippen molar-refractivity contribution < 1.29 is 4.42 Å². The van der Waals surface area contributed by atoms with Gasteiger partial charge in [-0.25, -0.2) is 15.0 Å². The van der Waals surface area contributed by atoms with Gasteiger partial charge in [0.25, 0.3) is 0 Å². The fourth-order valence-electron chi connectivity index (χ4n) is 2.93. The molecule has 0 radical (unpaired) electrons. The van der Waals surface area contributed by atoms with Gasteiger partial charge in [0, 0.05) is 11.8 Å². The minimum atomic E-state index is 0.505. The first-order chi connectivity index (χ1) is 12.4. The van der Waals surface area contributed by atoms with Crippen LogP contribution in [0.25, 0.3) is 44.8 Å². The Morgan fingerprint density at radius 1 is 0.720 bits per heavy atom. The summed E-state index contributed by atoms with van der Waals surface area (Å²) in [5.41, 5.74) is 3.22. The van der Waals surface area contributed by atoms with Gasteiger partial charge in [-0.05, 0) is 35.0 Å². The van der Waals surface area contributed by atoms with E-state index in [0.29, 0.717) is 17.4 Å². The number of para-hydroxylation sites is 2. The van der Waals surface area contributed by atoms with E-state index in [1.807, 2.05) is 48.5 Å². The smallest absolute Gasteiger partial charge is 0.246 e. The van der Waals surface area contributed by atoms with Crippen molar-refractivity contribution in [3.05, 3.63) is 79.0 Å². The van der Waals surface area contributed by atoms with Crippen LogP contribution in [0.4, 0.5) is 0 Å². The van der Waals surface area contributed by atoms with Gasteiger partial charge in [-0.1, -0.05) is 48.5 Å². The Morgan fingerprint density at radius 3 is 2.48 bits per heavy atom. The summed E-state index contributed by atoms with van der Waals surface area (Å²) in [5, 5.41) is 2.36. The lowest BCUT2D eigenvalue weighted by atomic mass is 10.1. The normalized spacial score (nSPS) is 11.2. The van der Waals surface area contributed by atoms with E-state index in [1.54, 1.807) is 6.20 Å². The number of nitrogens with zero attached hydrogens (tertiary/aromatic N) is 3. The highest BCUT2D eigenvalue weighted by atomic mass is 16.3. The van der Waals surface area contributed by atoms with Gasteiger partial charge in [0.15, 0.2) is 11.4 Å². The Balaban J connectivity index is 1.61. The summed E-state index contributed by atoms with van der Waals surface area (Å²) in [7, 11) is 0. The molecule has 5 aromatic rings. The molecule has 0 saturated carbocycles. The molecule has 0 aliphatic rings. The van der Waals surface area contributed by atoms with Crippen molar-refractivity contribution in [1.82, 2.24) is 15.0 Å². The molecule has 0 bridgehead atoms. The molecule has 0 spiro atoms. The fraction of sp³-hybridized carbons (Fsp3) is 0. The zero-order valence-corrected chi connectivity index (χ0v) is 13.3. The number of rotatable bonds is 2. The van der Waals surface area contributed by atoms with Gasteiger partial charge in [-0.15, -0.1) is 0 Å². The van der Waals surface area contributed by atoms with Gasteiger partial charge in [-0.2, -0.15) is 0 Å². The van der Waals surface area contributed by atoms with E-state index in [1.165, 1.54) is 5.39 Å². The molecule has 0 aliphatic carbocycles. The second kappa shape index (κ2) is 5.53. The Morgan fingerprint density at radius 2 is 1.56 bits per heavy atom. The van der Waals surface area contributed by atoms with E-state index in [4.69, 9.17) is 4.42 Å². The van der Waals surface area contributed by atoms with Crippen LogP contribution >= 0.6 is 0 Å². The van der Waals surface area contributed by atoms with Crippen molar-refractivity contribution in [1.29, 1.82) is 0 Å². The van der Waals surface area contributed by atoms with Crippen LogP contribution in [0, 0.1) is 0 Å². The molecule has 4 heteroatoms. The average Bonchev–Trinajstić information content (AvgIpc) is 3.12. The van der Waals surface area contributed by atoms with Crippen molar-refractivity contribution in [2.24, 2.45) is 0 Å². The average molecular weight is 323 g/mol. The van der Waals surface area contributed by atoms with Gasteiger partial charge in [0.1, 0.15) is 11.2 Å². The molecule has 5 rings (SSSR count). The highest BCUT2D eigenvalue weighted by Crippen LogP contribution is 2.26. The zero-order valence-electron chi connectivity index (χ0n) is 13.3. The second-order valence-corrected chi connectivity index (χ2v) is 5.81. The molecule has 0 fully saturated rings. The summed E-state index contributed by atoms with van der Waals surface area (Å²) >= 11 is 0. The van der Waals surface area contributed by atoms with E-state index in [0.717, 1.165) is 22.0 Å². The lowest BCUT2D eigenvalue weighted by Crippen LogP contribution is -1.91. The monoisotopic (exact) mass is 323 g/mol. The van der Waals surface area contributed by atoms with Crippen LogP contribution in [0.15, 0.2) is 83.4 Å². The fourth-order valence-corrected chi connectivity index (χ4v) is 2.93. The summed E-state index contributed by atoms with van der Waals surface area (Å²) in [6.07, 6.45) is 1.74. The molecule has 3 aromatic carbocycles. The predicted octanol–water partition coefficient (Wildman–Crippen LogP) is 5.11. The van der Waals surface area contributed by atoms with Crippen molar-refractivity contribution in [2.75, 3.05) is 0 Å². The summed E-state index contributed by atoms with van der Waals surface area (Å²) in [5.74, 6) is 1.16. The van der Waals surface area contributed by atoms with Crippen LogP contribution in [0.1, 0.15) is 0 Å². The Bertz CT molecular complexity index is 1180. The third-order valence-corrected chi connectivity index (χ3v) is 4.18. The lowest BCUT2D eigenvalue weighted by molar-refractivity contribution is 0.616. The lowest BCUT2D eigenvalue weighted by Gasteiger charge is -2.03. The zero-order chi connectivity index (χ0) is 16.6. The van der Waals surface area contributed by atoms with Gasteiger partial charge in [0.2, 0.25) is 5.89 Å². The van der Waals surface area contributed by atoms with Gasteiger partial charge < -0.3 is 4.42 Å². The second-order valence-electron chi connectivity index (χ2n) is 5.81. The highest BCUT2D eigenvalue weighted by Gasteiger charge is 2.11. The van der Waals surface area contributed by atoms with Crippen molar-refractivity contribution in [3.63, 3.8) is 0 Å². The molecule has 0 aliphatic heterocycles. The maximum atomic E-state index is 5.81. The number of oxazole rings is 1. The molecule has 0 atom stereocenters. The molecule has 0 saturated heterocycles. The summed E-state index contributed by atoms with van der Waals surface area (Å²) in [4.78, 5) is 13.6. The van der Waals surface area contributed by atoms with E-state index < -0.39 is 0 Å². The van der Waals surface area contributed by atoms with Gasteiger partial charge >= 0.3 is 0 Å². The molecular weight excluding hydrogens is 310 g/mol. The maximum absolute atomic E-state index is 5.81. The number of aromatic nitrogens is 3. The first-order valence-electron chi connectivity index (χ1n) is 8.05. The van der Waals surface area contributed by atoms with Crippen LogP contribution < -0.4 is 0 Å². The van der Waals surface area contributed by atoms with Crippen molar-refractivity contribution in [3.8, 4) is 23.0 Å². The summed E-state index contributed by atoms with van der Waals surface area (Å²) in [6.45, 7) is 0. The van der Waals surface area contributed by atoms with Crippen LogP contribution in [0.2, 0.25) is 0 Å². The number of fused-ring (bicyclic) bond motifs is 2. The molecule has 2 heterocycles. The Hall–Kier alpha value is -3.53. The van der Waals surface area contributed by atoms with Gasteiger partial charge in [0.05, 0.1) is 0 Å². The van der Waals surface area contributed by atoms with E-state index >= 15 is 0 Å². The molecule has 0 amide bonds. The maximum Gasteiger partial charge on any atom is 0.246 e. The Kier molecular flexibility index (Phi) is 3.07. The quantitative estimate of drug-likeness (QED) is 0.453. The summed E-state index contributed by atoms with van der Waals surface area (Å²) < 4.78 is 5.81. The number of hydrogen-bond acceptors (Lipinski definition) is 4. The predicted molar refractivity (Wildman–Crippen MR) is 98.0 cm³/mol. The molecule has 2 aromatic heterocycles. The van der Waals surface area contributed by atoms with Crippen molar-refractivity contribution in [2.45, 2.75) is 0 Å². The minimum absolute atomic E-state index is 0.505. The molecule has 4 nitrogen and oxygen atoms in total. The van der Waals surface area contributed by atoms with E-state index in [2.05, 4.69) is 39.2 Å².